The summed E-state index contributed by atoms with van der Waals surface area (Å²) in [5, 5.41) is 12.2. The second-order valence-electron chi connectivity index (χ2n) is 6.20. The lowest BCUT2D eigenvalue weighted by Gasteiger charge is -2.31. The Bertz CT molecular complexity index is 692. The number of carbonyl (C=O) groups is 3. The fraction of sp³-hybridized carbons (Fsp3) is 0.533. The molecule has 0 unspecified atom stereocenters. The molecule has 7 nitrogen and oxygen atoms in total. The summed E-state index contributed by atoms with van der Waals surface area (Å²) in [5.74, 6) is -0.800. The summed E-state index contributed by atoms with van der Waals surface area (Å²) in [7, 11) is 0. The smallest absolute Gasteiger partial charge is 0.408 e. The summed E-state index contributed by atoms with van der Waals surface area (Å²) in [6.45, 7) is 0. The summed E-state index contributed by atoms with van der Waals surface area (Å²) in [6, 6.07) is 0.794. The number of nitrogens with zero attached hydrogens (tertiary/aromatic N) is 1. The van der Waals surface area contributed by atoms with Crippen molar-refractivity contribution in [3.63, 3.8) is 0 Å². The summed E-state index contributed by atoms with van der Waals surface area (Å²) < 4.78 is 0.668. The molecule has 3 amide bonds. The van der Waals surface area contributed by atoms with Crippen LogP contribution in [0.4, 0.5) is 10.5 Å². The van der Waals surface area contributed by atoms with E-state index < -0.39 is 23.9 Å². The van der Waals surface area contributed by atoms with Crippen molar-refractivity contribution in [2.75, 3.05) is 5.32 Å². The van der Waals surface area contributed by atoms with Gasteiger partial charge < -0.3 is 16.2 Å². The van der Waals surface area contributed by atoms with Crippen molar-refractivity contribution >= 4 is 50.9 Å². The quantitative estimate of drug-likeness (QED) is 0.703. The van der Waals surface area contributed by atoms with Gasteiger partial charge in [-0.2, -0.15) is 0 Å². The molecule has 4 N–H and O–H groups in total. The Morgan fingerprint density at radius 3 is 2.71 bits per heavy atom. The van der Waals surface area contributed by atoms with E-state index in [1.165, 1.54) is 4.90 Å². The third-order valence-corrected chi connectivity index (χ3v) is 6.45. The van der Waals surface area contributed by atoms with Gasteiger partial charge in [0.05, 0.1) is 9.47 Å². The maximum absolute atomic E-state index is 12.7. The molecule has 3 rings (SSSR count). The number of rotatable bonds is 3. The second-order valence-corrected chi connectivity index (χ2v) is 8.63. The number of primary amides is 1. The van der Waals surface area contributed by atoms with Crippen LogP contribution in [0.1, 0.15) is 41.8 Å². The first kappa shape index (κ1) is 17.2. The summed E-state index contributed by atoms with van der Waals surface area (Å²) in [5.41, 5.74) is 5.65. The highest BCUT2D eigenvalue weighted by molar-refractivity contribution is 9.11. The highest BCUT2D eigenvalue weighted by atomic mass is 79.9. The molecule has 1 aliphatic heterocycles. The molecule has 0 radical (unpaired) electrons. The van der Waals surface area contributed by atoms with Gasteiger partial charge in [0.15, 0.2) is 0 Å². The van der Waals surface area contributed by atoms with E-state index in [1.807, 2.05) is 0 Å². The zero-order valence-electron chi connectivity index (χ0n) is 12.8. The molecular weight excluding hydrogens is 398 g/mol. The first-order valence-electron chi connectivity index (χ1n) is 7.79. The van der Waals surface area contributed by atoms with Gasteiger partial charge in [0, 0.05) is 6.04 Å². The molecule has 2 fully saturated rings. The van der Waals surface area contributed by atoms with Gasteiger partial charge in [-0.05, 0) is 47.2 Å². The van der Waals surface area contributed by atoms with E-state index in [0.29, 0.717) is 15.9 Å². The van der Waals surface area contributed by atoms with E-state index in [9.17, 15) is 19.5 Å². The largest absolute Gasteiger partial charge is 0.465 e. The molecule has 1 aliphatic carbocycles. The normalized spacial score (nSPS) is 26.0. The van der Waals surface area contributed by atoms with Crippen LogP contribution in [0.3, 0.4) is 0 Å². The summed E-state index contributed by atoms with van der Waals surface area (Å²) in [6.07, 6.45) is 3.28. The number of halogens is 1. The molecule has 1 aromatic rings. The molecule has 1 aromatic heterocycles. The molecule has 24 heavy (non-hydrogen) atoms. The first-order chi connectivity index (χ1) is 11.4. The number of nitrogens with two attached hydrogens (primary N) is 1. The molecular formula is C15H18BrN3O4S. The molecule has 0 spiro atoms. The average molecular weight is 416 g/mol. The van der Waals surface area contributed by atoms with E-state index >= 15 is 0 Å². The Kier molecular flexibility index (Phi) is 4.82. The number of hydrogen-bond acceptors (Lipinski definition) is 4. The van der Waals surface area contributed by atoms with Crippen molar-refractivity contribution in [2.24, 2.45) is 11.7 Å². The molecule has 9 heteroatoms. The second kappa shape index (κ2) is 6.72. The number of thiophene rings is 1. The average Bonchev–Trinajstić information content (AvgIpc) is 3.07. The van der Waals surface area contributed by atoms with Gasteiger partial charge >= 0.3 is 6.09 Å². The van der Waals surface area contributed by atoms with Gasteiger partial charge in [0.1, 0.15) is 10.9 Å². The van der Waals surface area contributed by atoms with Gasteiger partial charge in [-0.3, -0.25) is 14.5 Å². The predicted octanol–water partition coefficient (Wildman–Crippen LogP) is 2.86. The van der Waals surface area contributed by atoms with Gasteiger partial charge in [-0.1, -0.05) is 12.8 Å². The van der Waals surface area contributed by atoms with Crippen LogP contribution < -0.4 is 11.1 Å². The summed E-state index contributed by atoms with van der Waals surface area (Å²) in [4.78, 5) is 37.4. The molecule has 1 saturated carbocycles. The molecule has 3 atom stereocenters. The lowest BCUT2D eigenvalue weighted by molar-refractivity contribution is -0.120. The lowest BCUT2D eigenvalue weighted by Crippen LogP contribution is -2.47. The molecule has 130 valence electrons. The number of nitrogens with one attached hydrogen (secondary N) is 1. The third-order valence-electron chi connectivity index (χ3n) is 4.80. The molecule has 1 saturated heterocycles. The minimum absolute atomic E-state index is 0.0863. The zero-order chi connectivity index (χ0) is 17.4. The minimum atomic E-state index is -1.06. The number of carbonyl (C=O) groups excluding carboxylic acids is 2. The van der Waals surface area contributed by atoms with Crippen molar-refractivity contribution in [1.82, 2.24) is 4.90 Å². The third kappa shape index (κ3) is 3.14. The van der Waals surface area contributed by atoms with Crippen LogP contribution in [0.2, 0.25) is 0 Å². The van der Waals surface area contributed by atoms with Gasteiger partial charge in [-0.25, -0.2) is 4.79 Å². The van der Waals surface area contributed by atoms with Crippen LogP contribution in [0.15, 0.2) is 9.85 Å². The molecule has 0 bridgehead atoms. The molecule has 0 aromatic carbocycles. The zero-order valence-corrected chi connectivity index (χ0v) is 15.2. The Balaban J connectivity index is 1.81. The predicted molar refractivity (Wildman–Crippen MR) is 93.2 cm³/mol. The SMILES string of the molecule is NC(=O)c1sc(Br)cc1NC(=O)[C@@H]1C[C@@H]2CCCC[C@@H]2N1C(=O)O. The van der Waals surface area contributed by atoms with Gasteiger partial charge in [0.2, 0.25) is 5.91 Å². The lowest BCUT2D eigenvalue weighted by atomic mass is 9.85. The van der Waals surface area contributed by atoms with E-state index in [1.54, 1.807) is 6.07 Å². The van der Waals surface area contributed by atoms with Gasteiger partial charge in [0.25, 0.3) is 5.91 Å². The van der Waals surface area contributed by atoms with Crippen LogP contribution in [0.25, 0.3) is 0 Å². The fourth-order valence-corrected chi connectivity index (χ4v) is 5.23. The van der Waals surface area contributed by atoms with E-state index in [0.717, 1.165) is 37.0 Å². The van der Waals surface area contributed by atoms with E-state index in [-0.39, 0.29) is 16.8 Å². The van der Waals surface area contributed by atoms with Crippen molar-refractivity contribution < 1.29 is 19.5 Å². The topological polar surface area (TPSA) is 113 Å². The van der Waals surface area contributed by atoms with Crippen molar-refractivity contribution in [2.45, 2.75) is 44.2 Å². The van der Waals surface area contributed by atoms with Crippen molar-refractivity contribution in [3.8, 4) is 0 Å². The molecule has 2 heterocycles. The van der Waals surface area contributed by atoms with Crippen LogP contribution >= 0.6 is 27.3 Å². The molecule has 2 aliphatic rings. The van der Waals surface area contributed by atoms with Crippen LogP contribution in [-0.2, 0) is 4.79 Å². The monoisotopic (exact) mass is 415 g/mol. The first-order valence-corrected chi connectivity index (χ1v) is 9.40. The fourth-order valence-electron chi connectivity index (χ4n) is 3.82. The Labute approximate surface area is 151 Å². The highest BCUT2D eigenvalue weighted by Crippen LogP contribution is 2.40. The standard InChI is InChI=1S/C15H18BrN3O4S/c16-11-6-8(12(24-11)13(17)20)18-14(21)10-5-7-3-1-2-4-9(7)19(10)15(22)23/h6-7,9-10H,1-5H2,(H2,17,20)(H,18,21)(H,22,23)/t7-,9-,10-/m0/s1. The number of amides is 3. The Hall–Kier alpha value is -1.61. The number of fused-ring (bicyclic) bond motifs is 1. The van der Waals surface area contributed by atoms with Crippen molar-refractivity contribution in [1.29, 1.82) is 0 Å². The van der Waals surface area contributed by atoms with Crippen LogP contribution in [-0.4, -0.2) is 40.0 Å². The number of anilines is 1. The number of hydrogen-bond donors (Lipinski definition) is 3. The maximum atomic E-state index is 12.7. The van der Waals surface area contributed by atoms with Crippen molar-refractivity contribution in [3.05, 3.63) is 14.7 Å². The highest BCUT2D eigenvalue weighted by Gasteiger charge is 2.47. The number of carboxylic acid groups (broad SMARTS) is 1. The number of likely N-dealkylation sites (tertiary alicyclic amines) is 1. The summed E-state index contributed by atoms with van der Waals surface area (Å²) >= 11 is 4.40. The van der Waals surface area contributed by atoms with Crippen LogP contribution in [0, 0.1) is 5.92 Å². The van der Waals surface area contributed by atoms with Crippen LogP contribution in [0.5, 0.6) is 0 Å². The minimum Gasteiger partial charge on any atom is -0.465 e. The Morgan fingerprint density at radius 1 is 1.33 bits per heavy atom. The van der Waals surface area contributed by atoms with E-state index in [2.05, 4.69) is 21.2 Å². The Morgan fingerprint density at radius 2 is 2.04 bits per heavy atom. The van der Waals surface area contributed by atoms with Gasteiger partial charge in [-0.15, -0.1) is 11.3 Å². The van der Waals surface area contributed by atoms with E-state index in [4.69, 9.17) is 5.73 Å². The maximum Gasteiger partial charge on any atom is 0.408 e.